The molecule has 5 heteroatoms. The average Bonchev–Trinajstić information content (AvgIpc) is 2.32. The monoisotopic (exact) mass is 268 g/mol. The fourth-order valence-electron chi connectivity index (χ4n) is 2.64. The van der Waals surface area contributed by atoms with Crippen LogP contribution < -0.4 is 10.6 Å². The van der Waals surface area contributed by atoms with Crippen LogP contribution in [0.25, 0.3) is 0 Å². The Hall–Kier alpha value is -1.52. The van der Waals surface area contributed by atoms with Crippen molar-refractivity contribution in [1.82, 2.24) is 10.6 Å². The second-order valence-corrected chi connectivity index (χ2v) is 5.54. The number of aliphatic carboxylic acids is 1. The molecular formula is C14H24N2O3. The summed E-state index contributed by atoms with van der Waals surface area (Å²) in [6.45, 7) is 7.83. The van der Waals surface area contributed by atoms with Gasteiger partial charge in [-0.05, 0) is 37.5 Å². The van der Waals surface area contributed by atoms with Crippen LogP contribution in [0.2, 0.25) is 0 Å². The van der Waals surface area contributed by atoms with Gasteiger partial charge in [-0.15, -0.1) is 6.58 Å². The molecule has 19 heavy (non-hydrogen) atoms. The average molecular weight is 268 g/mol. The highest BCUT2D eigenvalue weighted by Gasteiger charge is 2.27. The zero-order valence-corrected chi connectivity index (χ0v) is 11.7. The van der Waals surface area contributed by atoms with Gasteiger partial charge in [-0.2, -0.15) is 0 Å². The summed E-state index contributed by atoms with van der Waals surface area (Å²) < 4.78 is 0. The Kier molecular flexibility index (Phi) is 5.86. The van der Waals surface area contributed by atoms with E-state index in [1.165, 1.54) is 6.08 Å². The number of urea groups is 1. The number of amides is 2. The summed E-state index contributed by atoms with van der Waals surface area (Å²) in [4.78, 5) is 22.7. The molecule has 1 aliphatic carbocycles. The van der Waals surface area contributed by atoms with Gasteiger partial charge in [0.2, 0.25) is 0 Å². The van der Waals surface area contributed by atoms with Crippen molar-refractivity contribution in [2.75, 3.05) is 0 Å². The number of hydrogen-bond donors (Lipinski definition) is 3. The largest absolute Gasteiger partial charge is 0.480 e. The summed E-state index contributed by atoms with van der Waals surface area (Å²) in [5.41, 5.74) is 0. The zero-order chi connectivity index (χ0) is 14.4. The SMILES string of the molecule is C=CCC(NC(=O)NC1CCC(C)CC1C)C(=O)O. The number of carboxylic acids is 1. The van der Waals surface area contributed by atoms with E-state index < -0.39 is 18.0 Å². The maximum atomic E-state index is 11.8. The number of carbonyl (C=O) groups excluding carboxylic acids is 1. The molecule has 0 aliphatic heterocycles. The first-order chi connectivity index (χ1) is 8.93. The van der Waals surface area contributed by atoms with Gasteiger partial charge in [0, 0.05) is 6.04 Å². The van der Waals surface area contributed by atoms with Crippen LogP contribution in [0.1, 0.15) is 39.5 Å². The maximum Gasteiger partial charge on any atom is 0.326 e. The molecule has 0 aromatic heterocycles. The molecule has 1 rings (SSSR count). The second kappa shape index (κ2) is 7.16. The molecule has 4 atom stereocenters. The van der Waals surface area contributed by atoms with E-state index in [1.54, 1.807) is 0 Å². The van der Waals surface area contributed by atoms with Crippen molar-refractivity contribution in [1.29, 1.82) is 0 Å². The van der Waals surface area contributed by atoms with Crippen molar-refractivity contribution in [2.24, 2.45) is 11.8 Å². The molecule has 2 amide bonds. The van der Waals surface area contributed by atoms with Gasteiger partial charge < -0.3 is 15.7 Å². The lowest BCUT2D eigenvalue weighted by Gasteiger charge is -2.33. The van der Waals surface area contributed by atoms with Gasteiger partial charge in [0.15, 0.2) is 0 Å². The van der Waals surface area contributed by atoms with E-state index in [0.29, 0.717) is 11.8 Å². The highest BCUT2D eigenvalue weighted by atomic mass is 16.4. The molecular weight excluding hydrogens is 244 g/mol. The van der Waals surface area contributed by atoms with E-state index in [2.05, 4.69) is 31.1 Å². The molecule has 4 unspecified atom stereocenters. The lowest BCUT2D eigenvalue weighted by atomic mass is 9.80. The third-order valence-corrected chi connectivity index (χ3v) is 3.75. The lowest BCUT2D eigenvalue weighted by Crippen LogP contribution is -2.51. The molecule has 0 radical (unpaired) electrons. The minimum atomic E-state index is -1.04. The molecule has 0 aromatic rings. The highest BCUT2D eigenvalue weighted by molar-refractivity contribution is 5.82. The van der Waals surface area contributed by atoms with Gasteiger partial charge in [0.05, 0.1) is 0 Å². The summed E-state index contributed by atoms with van der Waals surface area (Å²) >= 11 is 0. The van der Waals surface area contributed by atoms with Crippen molar-refractivity contribution < 1.29 is 14.7 Å². The Labute approximate surface area is 114 Å². The van der Waals surface area contributed by atoms with Gasteiger partial charge in [-0.1, -0.05) is 19.9 Å². The Morgan fingerprint density at radius 1 is 1.42 bits per heavy atom. The van der Waals surface area contributed by atoms with Gasteiger partial charge >= 0.3 is 12.0 Å². The maximum absolute atomic E-state index is 11.8. The molecule has 0 saturated heterocycles. The Morgan fingerprint density at radius 2 is 2.11 bits per heavy atom. The van der Waals surface area contributed by atoms with Crippen LogP contribution >= 0.6 is 0 Å². The van der Waals surface area contributed by atoms with Crippen LogP contribution in [0.15, 0.2) is 12.7 Å². The predicted molar refractivity (Wildman–Crippen MR) is 73.9 cm³/mol. The van der Waals surface area contributed by atoms with E-state index in [0.717, 1.165) is 19.3 Å². The van der Waals surface area contributed by atoms with Crippen LogP contribution in [0.4, 0.5) is 4.79 Å². The third kappa shape index (κ3) is 4.93. The summed E-state index contributed by atoms with van der Waals surface area (Å²) in [6, 6.07) is -1.18. The molecule has 0 heterocycles. The van der Waals surface area contributed by atoms with E-state index in [1.807, 2.05) is 0 Å². The zero-order valence-electron chi connectivity index (χ0n) is 11.7. The first kappa shape index (κ1) is 15.5. The van der Waals surface area contributed by atoms with E-state index in [9.17, 15) is 9.59 Å². The molecule has 5 nitrogen and oxygen atoms in total. The predicted octanol–water partition coefficient (Wildman–Crippen LogP) is 2.14. The van der Waals surface area contributed by atoms with Crippen LogP contribution in [-0.2, 0) is 4.79 Å². The van der Waals surface area contributed by atoms with Gasteiger partial charge in [-0.25, -0.2) is 9.59 Å². The molecule has 108 valence electrons. The molecule has 0 bridgehead atoms. The number of hydrogen-bond acceptors (Lipinski definition) is 2. The van der Waals surface area contributed by atoms with Crippen molar-refractivity contribution in [2.45, 2.75) is 51.6 Å². The molecule has 1 aliphatic rings. The Balaban J connectivity index is 2.45. The summed E-state index contributed by atoms with van der Waals surface area (Å²) in [5, 5.41) is 14.3. The Bertz CT molecular complexity index is 344. The minimum Gasteiger partial charge on any atom is -0.480 e. The normalized spacial score (nSPS) is 28.2. The van der Waals surface area contributed by atoms with E-state index >= 15 is 0 Å². The number of carboxylic acid groups (broad SMARTS) is 1. The van der Waals surface area contributed by atoms with Crippen LogP contribution in [-0.4, -0.2) is 29.2 Å². The number of nitrogens with one attached hydrogen (secondary N) is 2. The summed E-state index contributed by atoms with van der Waals surface area (Å²) in [7, 11) is 0. The van der Waals surface area contributed by atoms with Gasteiger partial charge in [-0.3, -0.25) is 0 Å². The number of rotatable bonds is 5. The summed E-state index contributed by atoms with van der Waals surface area (Å²) in [5.74, 6) is 0.0844. The lowest BCUT2D eigenvalue weighted by molar-refractivity contribution is -0.139. The molecule has 1 saturated carbocycles. The van der Waals surface area contributed by atoms with E-state index in [-0.39, 0.29) is 12.5 Å². The number of carbonyl (C=O) groups is 2. The molecule has 1 fully saturated rings. The van der Waals surface area contributed by atoms with Crippen molar-refractivity contribution in [3.8, 4) is 0 Å². The third-order valence-electron chi connectivity index (χ3n) is 3.75. The topological polar surface area (TPSA) is 78.4 Å². The minimum absolute atomic E-state index is 0.134. The first-order valence-corrected chi connectivity index (χ1v) is 6.84. The van der Waals surface area contributed by atoms with Crippen molar-refractivity contribution in [3.05, 3.63) is 12.7 Å². The van der Waals surface area contributed by atoms with Gasteiger partial charge in [0.25, 0.3) is 0 Å². The van der Waals surface area contributed by atoms with Gasteiger partial charge in [0.1, 0.15) is 6.04 Å². The second-order valence-electron chi connectivity index (χ2n) is 5.54. The van der Waals surface area contributed by atoms with Crippen LogP contribution in [0.3, 0.4) is 0 Å². The van der Waals surface area contributed by atoms with Crippen molar-refractivity contribution >= 4 is 12.0 Å². The fourth-order valence-corrected chi connectivity index (χ4v) is 2.64. The molecule has 3 N–H and O–H groups in total. The Morgan fingerprint density at radius 3 is 2.63 bits per heavy atom. The first-order valence-electron chi connectivity index (χ1n) is 6.84. The smallest absolute Gasteiger partial charge is 0.326 e. The quantitative estimate of drug-likeness (QED) is 0.668. The molecule has 0 spiro atoms. The standard InChI is InChI=1S/C14H24N2O3/c1-4-5-12(13(17)18)16-14(19)15-11-7-6-9(2)8-10(11)3/h4,9-12H,1,5-8H2,2-3H3,(H,17,18)(H2,15,16,19). The van der Waals surface area contributed by atoms with Crippen LogP contribution in [0.5, 0.6) is 0 Å². The van der Waals surface area contributed by atoms with Crippen LogP contribution in [0, 0.1) is 11.8 Å². The molecule has 0 aromatic carbocycles. The van der Waals surface area contributed by atoms with Crippen molar-refractivity contribution in [3.63, 3.8) is 0 Å². The van der Waals surface area contributed by atoms with E-state index in [4.69, 9.17) is 5.11 Å². The fraction of sp³-hybridized carbons (Fsp3) is 0.714. The highest BCUT2D eigenvalue weighted by Crippen LogP contribution is 2.28. The summed E-state index contributed by atoms with van der Waals surface area (Å²) in [6.07, 6.45) is 4.86.